The Labute approximate surface area is 128 Å². The third-order valence-electron chi connectivity index (χ3n) is 4.09. The maximum Gasteiger partial charge on any atom is 0.124 e. The number of rotatable bonds is 3. The van der Waals surface area contributed by atoms with Gasteiger partial charge in [0.1, 0.15) is 5.01 Å². The van der Waals surface area contributed by atoms with Crippen LogP contribution in [0.3, 0.4) is 0 Å². The van der Waals surface area contributed by atoms with Crippen LogP contribution in [-0.4, -0.2) is 29.0 Å². The van der Waals surface area contributed by atoms with Gasteiger partial charge >= 0.3 is 0 Å². The van der Waals surface area contributed by atoms with E-state index in [9.17, 15) is 0 Å². The van der Waals surface area contributed by atoms with Gasteiger partial charge in [0.05, 0.1) is 0 Å². The lowest BCUT2D eigenvalue weighted by atomic mass is 9.80. The van der Waals surface area contributed by atoms with Crippen LogP contribution in [0.15, 0.2) is 23.0 Å². The molecule has 5 heteroatoms. The standard InChI is InChI=1S/C15H21N3S2/c1-15(2)10-18(5-3-13(15)16)8-12-7-17-14(20-12)11-4-6-19-9-11/h4,6-7,9,13H,3,5,8,10,16H2,1-2H3. The van der Waals surface area contributed by atoms with Crippen molar-refractivity contribution in [2.24, 2.45) is 11.1 Å². The number of aromatic nitrogens is 1. The van der Waals surface area contributed by atoms with Crippen LogP contribution in [0.1, 0.15) is 25.1 Å². The van der Waals surface area contributed by atoms with Crippen molar-refractivity contribution in [3.63, 3.8) is 0 Å². The molecule has 2 N–H and O–H groups in total. The number of piperidine rings is 1. The van der Waals surface area contributed by atoms with Gasteiger partial charge in [-0.3, -0.25) is 4.90 Å². The molecule has 1 aliphatic rings. The summed E-state index contributed by atoms with van der Waals surface area (Å²) in [5, 5.41) is 5.39. The number of thiazole rings is 1. The van der Waals surface area contributed by atoms with Crippen LogP contribution in [0.4, 0.5) is 0 Å². The second-order valence-corrected chi connectivity index (χ2v) is 8.13. The summed E-state index contributed by atoms with van der Waals surface area (Å²) in [7, 11) is 0. The van der Waals surface area contributed by atoms with Crippen LogP contribution in [-0.2, 0) is 6.54 Å². The lowest BCUT2D eigenvalue weighted by Crippen LogP contribution is -2.51. The zero-order chi connectivity index (χ0) is 14.2. The van der Waals surface area contributed by atoms with E-state index in [0.29, 0.717) is 6.04 Å². The fraction of sp³-hybridized carbons (Fsp3) is 0.533. The molecule has 108 valence electrons. The minimum absolute atomic E-state index is 0.207. The third kappa shape index (κ3) is 2.96. The molecule has 1 saturated heterocycles. The summed E-state index contributed by atoms with van der Waals surface area (Å²) < 4.78 is 0. The molecule has 0 aliphatic carbocycles. The van der Waals surface area contributed by atoms with E-state index in [4.69, 9.17) is 5.73 Å². The molecule has 0 bridgehead atoms. The van der Waals surface area contributed by atoms with E-state index >= 15 is 0 Å². The third-order valence-corrected chi connectivity index (χ3v) is 5.81. The van der Waals surface area contributed by atoms with Gasteiger partial charge in [-0.15, -0.1) is 11.3 Å². The van der Waals surface area contributed by atoms with Crippen molar-refractivity contribution < 1.29 is 0 Å². The quantitative estimate of drug-likeness (QED) is 0.944. The smallest absolute Gasteiger partial charge is 0.124 e. The van der Waals surface area contributed by atoms with Crippen molar-refractivity contribution in [2.45, 2.75) is 32.9 Å². The minimum Gasteiger partial charge on any atom is -0.327 e. The van der Waals surface area contributed by atoms with E-state index in [1.807, 2.05) is 17.5 Å². The van der Waals surface area contributed by atoms with Gasteiger partial charge in [0.15, 0.2) is 0 Å². The number of hydrogen-bond donors (Lipinski definition) is 1. The zero-order valence-corrected chi connectivity index (χ0v) is 13.6. The molecule has 3 rings (SSSR count). The van der Waals surface area contributed by atoms with Crippen LogP contribution < -0.4 is 5.73 Å². The molecule has 2 aromatic heterocycles. The first-order valence-corrected chi connectivity index (χ1v) is 8.76. The van der Waals surface area contributed by atoms with Gasteiger partial charge in [-0.1, -0.05) is 13.8 Å². The summed E-state index contributed by atoms with van der Waals surface area (Å²) in [6, 6.07) is 2.46. The lowest BCUT2D eigenvalue weighted by molar-refractivity contribution is 0.0906. The van der Waals surface area contributed by atoms with Gasteiger partial charge < -0.3 is 5.73 Å². The molecule has 3 nitrogen and oxygen atoms in total. The van der Waals surface area contributed by atoms with Crippen molar-refractivity contribution in [3.8, 4) is 10.6 Å². The van der Waals surface area contributed by atoms with Crippen molar-refractivity contribution in [1.82, 2.24) is 9.88 Å². The SMILES string of the molecule is CC1(C)CN(Cc2cnc(-c3ccsc3)s2)CCC1N. The maximum absolute atomic E-state index is 6.20. The van der Waals surface area contributed by atoms with E-state index in [-0.39, 0.29) is 5.41 Å². The van der Waals surface area contributed by atoms with Gasteiger partial charge in [-0.2, -0.15) is 11.3 Å². The molecule has 0 saturated carbocycles. The monoisotopic (exact) mass is 307 g/mol. The molecular weight excluding hydrogens is 286 g/mol. The van der Waals surface area contributed by atoms with Crippen molar-refractivity contribution in [2.75, 3.05) is 13.1 Å². The van der Waals surface area contributed by atoms with Crippen LogP contribution in [0.2, 0.25) is 0 Å². The van der Waals surface area contributed by atoms with Gasteiger partial charge in [-0.05, 0) is 23.3 Å². The summed E-state index contributed by atoms with van der Waals surface area (Å²) in [5.74, 6) is 0. The molecule has 0 amide bonds. The Bertz CT molecular complexity index is 559. The molecule has 1 aliphatic heterocycles. The molecule has 1 fully saturated rings. The highest BCUT2D eigenvalue weighted by molar-refractivity contribution is 7.15. The van der Waals surface area contributed by atoms with Gasteiger partial charge in [-0.25, -0.2) is 4.98 Å². The molecule has 1 unspecified atom stereocenters. The Morgan fingerprint density at radius 3 is 3.05 bits per heavy atom. The van der Waals surface area contributed by atoms with E-state index in [0.717, 1.165) is 31.1 Å². The Morgan fingerprint density at radius 2 is 2.35 bits per heavy atom. The van der Waals surface area contributed by atoms with Crippen molar-refractivity contribution in [3.05, 3.63) is 27.9 Å². The molecular formula is C15H21N3S2. The van der Waals surface area contributed by atoms with E-state index in [1.54, 1.807) is 11.3 Å². The van der Waals surface area contributed by atoms with Crippen LogP contribution in [0, 0.1) is 5.41 Å². The average Bonchev–Trinajstić information content (AvgIpc) is 3.03. The summed E-state index contributed by atoms with van der Waals surface area (Å²) in [6.45, 7) is 7.70. The van der Waals surface area contributed by atoms with Crippen molar-refractivity contribution in [1.29, 1.82) is 0 Å². The lowest BCUT2D eigenvalue weighted by Gasteiger charge is -2.42. The highest BCUT2D eigenvalue weighted by Gasteiger charge is 2.33. The van der Waals surface area contributed by atoms with E-state index in [2.05, 4.69) is 40.6 Å². The first-order chi connectivity index (χ1) is 9.54. The molecule has 0 spiro atoms. The normalized spacial score (nSPS) is 23.1. The first kappa shape index (κ1) is 14.2. The fourth-order valence-corrected chi connectivity index (χ4v) is 4.41. The summed E-state index contributed by atoms with van der Waals surface area (Å²) >= 11 is 3.53. The Morgan fingerprint density at radius 1 is 1.50 bits per heavy atom. The Balaban J connectivity index is 1.67. The zero-order valence-electron chi connectivity index (χ0n) is 12.0. The van der Waals surface area contributed by atoms with Crippen molar-refractivity contribution >= 4 is 22.7 Å². The first-order valence-electron chi connectivity index (χ1n) is 7.00. The Hall–Kier alpha value is -0.750. The molecule has 3 heterocycles. The summed E-state index contributed by atoms with van der Waals surface area (Å²) in [5.41, 5.74) is 7.65. The summed E-state index contributed by atoms with van der Waals surface area (Å²) in [6.07, 6.45) is 3.11. The number of likely N-dealkylation sites (tertiary alicyclic amines) is 1. The van der Waals surface area contributed by atoms with Crippen LogP contribution in [0.5, 0.6) is 0 Å². The maximum atomic E-state index is 6.20. The van der Waals surface area contributed by atoms with E-state index < -0.39 is 0 Å². The topological polar surface area (TPSA) is 42.2 Å². The van der Waals surface area contributed by atoms with Gasteiger partial charge in [0.2, 0.25) is 0 Å². The largest absolute Gasteiger partial charge is 0.327 e. The van der Waals surface area contributed by atoms with Gasteiger partial charge in [0, 0.05) is 47.7 Å². The highest BCUT2D eigenvalue weighted by Crippen LogP contribution is 2.31. The number of nitrogens with two attached hydrogens (primary N) is 1. The summed E-state index contributed by atoms with van der Waals surface area (Å²) in [4.78, 5) is 8.40. The molecule has 2 aromatic rings. The predicted molar refractivity (Wildman–Crippen MR) is 87.1 cm³/mol. The number of thiophene rings is 1. The molecule has 0 radical (unpaired) electrons. The fourth-order valence-electron chi connectivity index (χ4n) is 2.74. The van der Waals surface area contributed by atoms with Crippen LogP contribution >= 0.6 is 22.7 Å². The number of hydrogen-bond acceptors (Lipinski definition) is 5. The highest BCUT2D eigenvalue weighted by atomic mass is 32.1. The molecule has 1 atom stereocenters. The van der Waals surface area contributed by atoms with E-state index in [1.165, 1.54) is 10.4 Å². The average molecular weight is 307 g/mol. The predicted octanol–water partition coefficient (Wildman–Crippen LogP) is 3.43. The second kappa shape index (κ2) is 5.56. The molecule has 0 aromatic carbocycles. The second-order valence-electron chi connectivity index (χ2n) is 6.24. The van der Waals surface area contributed by atoms with Crippen LogP contribution in [0.25, 0.3) is 10.6 Å². The molecule has 20 heavy (non-hydrogen) atoms. The number of nitrogens with zero attached hydrogens (tertiary/aromatic N) is 2. The Kier molecular flexibility index (Phi) is 3.95. The van der Waals surface area contributed by atoms with Gasteiger partial charge in [0.25, 0.3) is 0 Å². The minimum atomic E-state index is 0.207.